The van der Waals surface area contributed by atoms with Gasteiger partial charge in [0.1, 0.15) is 0 Å². The van der Waals surface area contributed by atoms with Gasteiger partial charge < -0.3 is 9.80 Å². The first-order valence-electron chi connectivity index (χ1n) is 5.56. The molecule has 1 fully saturated rings. The molecule has 1 rings (SSSR count). The van der Waals surface area contributed by atoms with Crippen molar-refractivity contribution in [2.45, 2.75) is 26.2 Å². The van der Waals surface area contributed by atoms with Gasteiger partial charge >= 0.3 is 0 Å². The van der Waals surface area contributed by atoms with Gasteiger partial charge in [-0.25, -0.2) is 0 Å². The molecule has 0 aromatic heterocycles. The van der Waals surface area contributed by atoms with Gasteiger partial charge in [-0.2, -0.15) is 0 Å². The highest BCUT2D eigenvalue weighted by atomic mass is 16.2. The predicted octanol–water partition coefficient (Wildman–Crippen LogP) is 1.20. The van der Waals surface area contributed by atoms with Crippen LogP contribution in [0.25, 0.3) is 0 Å². The summed E-state index contributed by atoms with van der Waals surface area (Å²) < 4.78 is 0. The van der Waals surface area contributed by atoms with Gasteiger partial charge in [-0.15, -0.1) is 0 Å². The summed E-state index contributed by atoms with van der Waals surface area (Å²) in [7, 11) is 4.09. The van der Waals surface area contributed by atoms with Gasteiger partial charge in [-0.05, 0) is 26.4 Å². The minimum atomic E-state index is 0.352. The second kappa shape index (κ2) is 5.35. The molecule has 14 heavy (non-hydrogen) atoms. The number of likely N-dealkylation sites (N-methyl/N-ethyl adjacent to an activating group) is 1. The fraction of sp³-hybridized carbons (Fsp3) is 0.909. The molecule has 1 aliphatic rings. The Morgan fingerprint density at radius 1 is 1.50 bits per heavy atom. The number of carbonyl (C=O) groups excluding carboxylic acids is 1. The maximum Gasteiger partial charge on any atom is 0.222 e. The van der Waals surface area contributed by atoms with Gasteiger partial charge in [0.05, 0.1) is 0 Å². The highest BCUT2D eigenvalue weighted by molar-refractivity contribution is 5.77. The summed E-state index contributed by atoms with van der Waals surface area (Å²) in [5.41, 5.74) is 0. The third-order valence-corrected chi connectivity index (χ3v) is 3.02. The van der Waals surface area contributed by atoms with Crippen LogP contribution in [-0.2, 0) is 4.79 Å². The zero-order valence-electron chi connectivity index (χ0n) is 9.62. The lowest BCUT2D eigenvalue weighted by atomic mass is 9.94. The highest BCUT2D eigenvalue weighted by Gasteiger charge is 2.23. The minimum Gasteiger partial charge on any atom is -0.341 e. The zero-order valence-corrected chi connectivity index (χ0v) is 9.62. The molecule has 0 radical (unpaired) electrons. The molecule has 0 bridgehead atoms. The van der Waals surface area contributed by atoms with Crippen molar-refractivity contribution in [2.75, 3.05) is 33.7 Å². The third kappa shape index (κ3) is 3.29. The average Bonchev–Trinajstić information content (AvgIpc) is 2.15. The van der Waals surface area contributed by atoms with Crippen molar-refractivity contribution < 1.29 is 4.79 Å². The number of piperidine rings is 1. The summed E-state index contributed by atoms with van der Waals surface area (Å²) >= 11 is 0. The molecule has 0 unspecified atom stereocenters. The van der Waals surface area contributed by atoms with Crippen molar-refractivity contribution in [3.05, 3.63) is 0 Å². The van der Waals surface area contributed by atoms with Crippen molar-refractivity contribution in [3.8, 4) is 0 Å². The van der Waals surface area contributed by atoms with Crippen molar-refractivity contribution in [1.82, 2.24) is 9.80 Å². The quantitative estimate of drug-likeness (QED) is 0.677. The van der Waals surface area contributed by atoms with Gasteiger partial charge in [0.15, 0.2) is 0 Å². The molecule has 1 aliphatic heterocycles. The smallest absolute Gasteiger partial charge is 0.222 e. The second-order valence-electron chi connectivity index (χ2n) is 4.45. The van der Waals surface area contributed by atoms with Gasteiger partial charge in [0.2, 0.25) is 5.91 Å². The van der Waals surface area contributed by atoms with Crippen LogP contribution in [-0.4, -0.2) is 49.4 Å². The van der Waals surface area contributed by atoms with Crippen LogP contribution in [0.15, 0.2) is 0 Å². The second-order valence-corrected chi connectivity index (χ2v) is 4.45. The third-order valence-electron chi connectivity index (χ3n) is 3.02. The van der Waals surface area contributed by atoms with E-state index in [1.807, 2.05) is 19.0 Å². The largest absolute Gasteiger partial charge is 0.341 e. The molecule has 3 nitrogen and oxygen atoms in total. The molecule has 0 aromatic rings. The fourth-order valence-electron chi connectivity index (χ4n) is 1.85. The van der Waals surface area contributed by atoms with Crippen LogP contribution in [0.3, 0.4) is 0 Å². The molecule has 0 saturated carbocycles. The topological polar surface area (TPSA) is 23.6 Å². The summed E-state index contributed by atoms with van der Waals surface area (Å²) in [6, 6.07) is 0. The Bertz CT molecular complexity index is 192. The van der Waals surface area contributed by atoms with Crippen LogP contribution in [0.2, 0.25) is 0 Å². The fourth-order valence-corrected chi connectivity index (χ4v) is 1.85. The van der Waals surface area contributed by atoms with E-state index in [9.17, 15) is 4.79 Å². The van der Waals surface area contributed by atoms with Gasteiger partial charge in [-0.3, -0.25) is 4.79 Å². The summed E-state index contributed by atoms with van der Waals surface area (Å²) in [5.74, 6) is 0.989. The molecule has 82 valence electrons. The van der Waals surface area contributed by atoms with E-state index in [2.05, 4.69) is 11.8 Å². The molecule has 0 aliphatic carbocycles. The molecule has 1 heterocycles. The average molecular weight is 198 g/mol. The molecule has 3 heteroatoms. The molecule has 1 saturated heterocycles. The number of nitrogens with zero attached hydrogens (tertiary/aromatic N) is 2. The van der Waals surface area contributed by atoms with Gasteiger partial charge in [0.25, 0.3) is 0 Å². The lowest BCUT2D eigenvalue weighted by Gasteiger charge is -2.32. The van der Waals surface area contributed by atoms with E-state index in [1.54, 1.807) is 0 Å². The molecular weight excluding hydrogens is 176 g/mol. The number of amides is 1. The molecular formula is C11H22N2O. The Labute approximate surface area is 87.1 Å². The van der Waals surface area contributed by atoms with E-state index in [0.717, 1.165) is 32.5 Å². The molecule has 0 spiro atoms. The zero-order chi connectivity index (χ0) is 10.6. The lowest BCUT2D eigenvalue weighted by molar-refractivity contribution is -0.135. The number of carbonyl (C=O) groups is 1. The first-order valence-corrected chi connectivity index (χ1v) is 5.56. The summed E-state index contributed by atoms with van der Waals surface area (Å²) in [4.78, 5) is 15.8. The summed E-state index contributed by atoms with van der Waals surface area (Å²) in [5, 5.41) is 0. The molecule has 0 N–H and O–H groups in total. The lowest BCUT2D eigenvalue weighted by Crippen LogP contribution is -2.42. The normalized spacial score (nSPS) is 23.3. The Kier molecular flexibility index (Phi) is 4.39. The summed E-state index contributed by atoms with van der Waals surface area (Å²) in [6.07, 6.45) is 3.10. The molecule has 1 atom stereocenters. The maximum absolute atomic E-state index is 11.7. The number of hydrogen-bond donors (Lipinski definition) is 0. The van der Waals surface area contributed by atoms with Gasteiger partial charge in [-0.1, -0.05) is 13.3 Å². The van der Waals surface area contributed by atoms with Crippen LogP contribution in [0.4, 0.5) is 0 Å². The van der Waals surface area contributed by atoms with Crippen LogP contribution in [0, 0.1) is 5.92 Å². The monoisotopic (exact) mass is 198 g/mol. The molecule has 1 amide bonds. The molecule has 0 aromatic carbocycles. The van der Waals surface area contributed by atoms with Crippen molar-refractivity contribution >= 4 is 5.91 Å². The van der Waals surface area contributed by atoms with E-state index in [1.165, 1.54) is 6.42 Å². The van der Waals surface area contributed by atoms with E-state index >= 15 is 0 Å². The van der Waals surface area contributed by atoms with Crippen LogP contribution < -0.4 is 0 Å². The van der Waals surface area contributed by atoms with Crippen LogP contribution in [0.5, 0.6) is 0 Å². The minimum absolute atomic E-state index is 0.352. The maximum atomic E-state index is 11.7. The van der Waals surface area contributed by atoms with Crippen LogP contribution in [0.1, 0.15) is 26.2 Å². The van der Waals surface area contributed by atoms with E-state index in [-0.39, 0.29) is 0 Å². The van der Waals surface area contributed by atoms with E-state index in [0.29, 0.717) is 11.8 Å². The van der Waals surface area contributed by atoms with Crippen molar-refractivity contribution in [2.24, 2.45) is 5.92 Å². The SMILES string of the molecule is CC[C@H]1CCN(CCN(C)C)C(=O)C1. The van der Waals surface area contributed by atoms with Crippen LogP contribution >= 0.6 is 0 Å². The highest BCUT2D eigenvalue weighted by Crippen LogP contribution is 2.20. The van der Waals surface area contributed by atoms with E-state index < -0.39 is 0 Å². The Balaban J connectivity index is 2.31. The first-order chi connectivity index (χ1) is 6.63. The van der Waals surface area contributed by atoms with Gasteiger partial charge in [0, 0.05) is 26.1 Å². The Morgan fingerprint density at radius 3 is 2.71 bits per heavy atom. The number of likely N-dealkylation sites (tertiary alicyclic amines) is 1. The first kappa shape index (κ1) is 11.5. The van der Waals surface area contributed by atoms with Crippen molar-refractivity contribution in [3.63, 3.8) is 0 Å². The Morgan fingerprint density at radius 2 is 2.21 bits per heavy atom. The predicted molar refractivity (Wildman–Crippen MR) is 58.1 cm³/mol. The van der Waals surface area contributed by atoms with Crippen molar-refractivity contribution in [1.29, 1.82) is 0 Å². The van der Waals surface area contributed by atoms with E-state index in [4.69, 9.17) is 0 Å². The Hall–Kier alpha value is -0.570. The number of hydrogen-bond acceptors (Lipinski definition) is 2. The summed E-state index contributed by atoms with van der Waals surface area (Å²) in [6.45, 7) is 5.00. The standard InChI is InChI=1S/C11H22N2O/c1-4-10-5-6-13(11(14)9-10)8-7-12(2)3/h10H,4-9H2,1-3H3/t10-/m0/s1. The number of rotatable bonds is 4.